The topological polar surface area (TPSA) is 89.7 Å². The Labute approximate surface area is 148 Å². The van der Waals surface area contributed by atoms with Gasteiger partial charge in [0.2, 0.25) is 10.0 Å². The molecule has 0 heterocycles. The van der Waals surface area contributed by atoms with Crippen molar-refractivity contribution in [3.63, 3.8) is 0 Å². The largest absolute Gasteiger partial charge is 0.465 e. The van der Waals surface area contributed by atoms with Gasteiger partial charge in [0.25, 0.3) is 0 Å². The van der Waals surface area contributed by atoms with Gasteiger partial charge < -0.3 is 10.5 Å². The number of benzene rings is 1. The number of halogens is 2. The predicted molar refractivity (Wildman–Crippen MR) is 92.7 cm³/mol. The lowest BCUT2D eigenvalue weighted by Gasteiger charge is -2.28. The zero-order valence-corrected chi connectivity index (χ0v) is 15.9. The summed E-state index contributed by atoms with van der Waals surface area (Å²) in [5.41, 5.74) is 5.20. The van der Waals surface area contributed by atoms with Gasteiger partial charge in [-0.3, -0.25) is 0 Å². The third-order valence-electron chi connectivity index (χ3n) is 3.24. The van der Waals surface area contributed by atoms with Crippen molar-refractivity contribution in [3.05, 3.63) is 28.8 Å². The number of sulfonamides is 1. The number of carbonyl (C=O) groups is 1. The predicted octanol–water partition coefficient (Wildman–Crippen LogP) is 2.15. The lowest BCUT2D eigenvalue weighted by Crippen LogP contribution is -2.40. The Morgan fingerprint density at radius 2 is 1.96 bits per heavy atom. The molecule has 0 fully saturated rings. The molecular weight excluding hydrogens is 363 g/mol. The molecule has 0 aromatic heterocycles. The second-order valence-electron chi connectivity index (χ2n) is 5.76. The molecule has 0 atom stereocenters. The molecule has 0 aliphatic rings. The highest BCUT2D eigenvalue weighted by Crippen LogP contribution is 2.26. The molecule has 2 N–H and O–H groups in total. The Balaban J connectivity index is 0.00000484. The van der Waals surface area contributed by atoms with E-state index in [2.05, 4.69) is 4.74 Å². The number of ether oxygens (including phenoxy) is 1. The van der Waals surface area contributed by atoms with Crippen LogP contribution in [0.4, 0.5) is 0 Å². The van der Waals surface area contributed by atoms with E-state index in [9.17, 15) is 13.2 Å². The van der Waals surface area contributed by atoms with Crippen LogP contribution in [0.1, 0.15) is 24.2 Å². The van der Waals surface area contributed by atoms with E-state index < -0.39 is 21.4 Å². The average molecular weight is 385 g/mol. The van der Waals surface area contributed by atoms with Gasteiger partial charge in [0.15, 0.2) is 0 Å². The molecule has 6 nitrogen and oxygen atoms in total. The van der Waals surface area contributed by atoms with E-state index in [0.717, 1.165) is 4.31 Å². The van der Waals surface area contributed by atoms with Crippen molar-refractivity contribution in [1.29, 1.82) is 0 Å². The summed E-state index contributed by atoms with van der Waals surface area (Å²) >= 11 is 5.88. The number of nitrogens with zero attached hydrogens (tertiary/aromatic N) is 1. The number of methoxy groups -OCH3 is 1. The Morgan fingerprint density at radius 1 is 1.39 bits per heavy atom. The summed E-state index contributed by atoms with van der Waals surface area (Å²) in [5, 5.41) is 0.220. The van der Waals surface area contributed by atoms with Gasteiger partial charge in [0, 0.05) is 18.6 Å². The first-order valence-corrected chi connectivity index (χ1v) is 8.41. The van der Waals surface area contributed by atoms with Crippen LogP contribution in [0.2, 0.25) is 5.02 Å². The lowest BCUT2D eigenvalue weighted by atomic mass is 9.94. The van der Waals surface area contributed by atoms with Crippen LogP contribution < -0.4 is 5.73 Å². The average Bonchev–Trinajstić information content (AvgIpc) is 2.45. The van der Waals surface area contributed by atoms with Crippen LogP contribution in [0.3, 0.4) is 0 Å². The summed E-state index contributed by atoms with van der Waals surface area (Å²) in [7, 11) is -1.27. The molecule has 0 aliphatic carbocycles. The molecule has 0 unspecified atom stereocenters. The Hall–Kier alpha value is -0.860. The summed E-state index contributed by atoms with van der Waals surface area (Å²) in [6.07, 6.45) is 0. The maximum Gasteiger partial charge on any atom is 0.339 e. The van der Waals surface area contributed by atoms with Crippen LogP contribution in [-0.4, -0.2) is 45.9 Å². The minimum atomic E-state index is -3.90. The van der Waals surface area contributed by atoms with Crippen molar-refractivity contribution < 1.29 is 17.9 Å². The van der Waals surface area contributed by atoms with Crippen molar-refractivity contribution in [2.45, 2.75) is 18.7 Å². The molecule has 0 amide bonds. The zero-order valence-electron chi connectivity index (χ0n) is 13.5. The van der Waals surface area contributed by atoms with E-state index in [-0.39, 0.29) is 34.4 Å². The van der Waals surface area contributed by atoms with Gasteiger partial charge >= 0.3 is 5.97 Å². The first-order chi connectivity index (χ1) is 10.0. The smallest absolute Gasteiger partial charge is 0.339 e. The van der Waals surface area contributed by atoms with Gasteiger partial charge in [-0.25, -0.2) is 17.5 Å². The molecule has 23 heavy (non-hydrogen) atoms. The fourth-order valence-corrected chi connectivity index (χ4v) is 3.71. The van der Waals surface area contributed by atoms with Gasteiger partial charge in [-0.1, -0.05) is 25.4 Å². The summed E-state index contributed by atoms with van der Waals surface area (Å²) in [6, 6.07) is 4.02. The van der Waals surface area contributed by atoms with Crippen molar-refractivity contribution in [2.24, 2.45) is 11.1 Å². The van der Waals surface area contributed by atoms with Crippen LogP contribution in [0.15, 0.2) is 23.1 Å². The van der Waals surface area contributed by atoms with Crippen LogP contribution in [0.25, 0.3) is 0 Å². The van der Waals surface area contributed by atoms with Gasteiger partial charge in [0.05, 0.1) is 17.6 Å². The van der Waals surface area contributed by atoms with Gasteiger partial charge in [0.1, 0.15) is 0 Å². The molecule has 1 aromatic carbocycles. The Morgan fingerprint density at radius 3 is 2.43 bits per heavy atom. The second kappa shape index (κ2) is 8.30. The maximum absolute atomic E-state index is 12.7. The quantitative estimate of drug-likeness (QED) is 0.758. The molecule has 0 aliphatic heterocycles. The van der Waals surface area contributed by atoms with Crippen molar-refractivity contribution in [1.82, 2.24) is 4.31 Å². The van der Waals surface area contributed by atoms with E-state index in [1.165, 1.54) is 32.4 Å². The standard InChI is InChI=1S/C14H21ClN2O4S.ClH/c1-14(2,8-16)9-17(3)22(19,20)12-7-10(15)5-6-11(12)13(18)21-4;/h5-7H,8-9,16H2,1-4H3;1H. The van der Waals surface area contributed by atoms with E-state index in [1.807, 2.05) is 13.8 Å². The van der Waals surface area contributed by atoms with E-state index in [0.29, 0.717) is 6.54 Å². The van der Waals surface area contributed by atoms with Crippen molar-refractivity contribution >= 4 is 40.0 Å². The fraction of sp³-hybridized carbons (Fsp3) is 0.500. The van der Waals surface area contributed by atoms with Crippen molar-refractivity contribution in [2.75, 3.05) is 27.2 Å². The minimum absolute atomic E-state index is 0. The molecule has 1 aromatic rings. The Kier molecular flexibility index (Phi) is 7.99. The highest BCUT2D eigenvalue weighted by atomic mass is 35.5. The first kappa shape index (κ1) is 22.1. The van der Waals surface area contributed by atoms with E-state index in [4.69, 9.17) is 17.3 Å². The third-order valence-corrected chi connectivity index (χ3v) is 5.32. The van der Waals surface area contributed by atoms with Crippen LogP contribution in [-0.2, 0) is 14.8 Å². The maximum atomic E-state index is 12.7. The van der Waals surface area contributed by atoms with Crippen LogP contribution in [0, 0.1) is 5.41 Å². The molecule has 0 bridgehead atoms. The summed E-state index contributed by atoms with van der Waals surface area (Å²) in [6.45, 7) is 4.25. The molecule has 132 valence electrons. The normalized spacial score (nSPS) is 12.0. The molecule has 0 saturated carbocycles. The number of hydrogen-bond acceptors (Lipinski definition) is 5. The zero-order chi connectivity index (χ0) is 17.1. The fourth-order valence-electron chi connectivity index (χ4n) is 1.91. The van der Waals surface area contributed by atoms with E-state index in [1.54, 1.807) is 0 Å². The van der Waals surface area contributed by atoms with Gasteiger partial charge in [-0.15, -0.1) is 12.4 Å². The molecular formula is C14H22Cl2N2O4S. The lowest BCUT2D eigenvalue weighted by molar-refractivity contribution is 0.0596. The highest BCUT2D eigenvalue weighted by Gasteiger charge is 2.31. The first-order valence-electron chi connectivity index (χ1n) is 6.59. The number of nitrogens with two attached hydrogens (primary N) is 1. The highest BCUT2D eigenvalue weighted by molar-refractivity contribution is 7.89. The summed E-state index contributed by atoms with van der Waals surface area (Å²) < 4.78 is 31.3. The van der Waals surface area contributed by atoms with Gasteiger partial charge in [-0.2, -0.15) is 0 Å². The third kappa shape index (κ3) is 5.32. The number of rotatable bonds is 6. The Bertz CT molecular complexity index is 663. The number of hydrogen-bond donors (Lipinski definition) is 1. The molecule has 9 heteroatoms. The minimum Gasteiger partial charge on any atom is -0.465 e. The van der Waals surface area contributed by atoms with E-state index >= 15 is 0 Å². The molecule has 1 rings (SSSR count). The SMILES string of the molecule is COC(=O)c1ccc(Cl)cc1S(=O)(=O)N(C)CC(C)(C)CN.Cl. The number of carbonyl (C=O) groups excluding carboxylic acids is 1. The second-order valence-corrected chi connectivity index (χ2v) is 8.21. The van der Waals surface area contributed by atoms with Crippen LogP contribution >= 0.6 is 24.0 Å². The summed E-state index contributed by atoms with van der Waals surface area (Å²) in [4.78, 5) is 11.6. The molecule has 0 saturated heterocycles. The van der Waals surface area contributed by atoms with Crippen molar-refractivity contribution in [3.8, 4) is 0 Å². The number of esters is 1. The molecule has 0 spiro atoms. The van der Waals surface area contributed by atoms with Gasteiger partial charge in [-0.05, 0) is 30.2 Å². The van der Waals surface area contributed by atoms with Crippen LogP contribution in [0.5, 0.6) is 0 Å². The monoisotopic (exact) mass is 384 g/mol. The molecule has 0 radical (unpaired) electrons. The summed E-state index contributed by atoms with van der Waals surface area (Å²) in [5.74, 6) is -0.735.